The van der Waals surface area contributed by atoms with E-state index in [0.717, 1.165) is 53.6 Å². The van der Waals surface area contributed by atoms with E-state index in [1.165, 1.54) is 11.8 Å². The maximum absolute atomic E-state index is 13.2. The second-order valence-corrected chi connectivity index (χ2v) is 8.19. The summed E-state index contributed by atoms with van der Waals surface area (Å²) in [7, 11) is 1.96. The summed E-state index contributed by atoms with van der Waals surface area (Å²) >= 11 is 1.48. The minimum absolute atomic E-state index is 0.161. The number of likely N-dealkylation sites (tertiary alicyclic amines) is 1. The molecule has 1 atom stereocenters. The highest BCUT2D eigenvalue weighted by Crippen LogP contribution is 2.37. The number of rotatable bonds is 5. The molecule has 0 spiro atoms. The molecular weight excluding hydrogens is 368 g/mol. The Morgan fingerprint density at radius 2 is 1.68 bits per heavy atom. The fraction of sp³-hybridized carbons (Fsp3) is 0.318. The van der Waals surface area contributed by atoms with E-state index in [4.69, 9.17) is 0 Å². The van der Waals surface area contributed by atoms with Gasteiger partial charge in [-0.1, -0.05) is 66.4 Å². The van der Waals surface area contributed by atoms with Gasteiger partial charge in [0.05, 0.1) is 0 Å². The van der Waals surface area contributed by atoms with Gasteiger partial charge < -0.3 is 9.47 Å². The lowest BCUT2D eigenvalue weighted by molar-refractivity contribution is -0.129. The third-order valence-corrected chi connectivity index (χ3v) is 6.46. The minimum Gasteiger partial charge on any atom is -0.341 e. The van der Waals surface area contributed by atoms with E-state index in [1.54, 1.807) is 0 Å². The number of aryl methyl sites for hydroxylation is 1. The van der Waals surface area contributed by atoms with Crippen LogP contribution in [0.3, 0.4) is 0 Å². The van der Waals surface area contributed by atoms with Crippen molar-refractivity contribution < 1.29 is 4.79 Å². The topological polar surface area (TPSA) is 51.0 Å². The normalized spacial score (nSPS) is 15.0. The number of amides is 1. The molecule has 1 unspecified atom stereocenters. The van der Waals surface area contributed by atoms with Gasteiger partial charge in [-0.3, -0.25) is 4.79 Å². The van der Waals surface area contributed by atoms with Gasteiger partial charge in [0.1, 0.15) is 5.25 Å². The van der Waals surface area contributed by atoms with E-state index in [1.807, 2.05) is 59.0 Å². The molecule has 1 fully saturated rings. The Morgan fingerprint density at radius 1 is 1.00 bits per heavy atom. The molecule has 0 radical (unpaired) electrons. The fourth-order valence-electron chi connectivity index (χ4n) is 3.57. The smallest absolute Gasteiger partial charge is 0.240 e. The van der Waals surface area contributed by atoms with Gasteiger partial charge >= 0.3 is 0 Å². The van der Waals surface area contributed by atoms with E-state index in [9.17, 15) is 4.79 Å². The van der Waals surface area contributed by atoms with Crippen LogP contribution in [0, 0.1) is 6.92 Å². The quantitative estimate of drug-likeness (QED) is 0.609. The van der Waals surface area contributed by atoms with Crippen molar-refractivity contribution in [2.75, 3.05) is 13.1 Å². The second kappa shape index (κ2) is 8.19. The van der Waals surface area contributed by atoms with Crippen molar-refractivity contribution in [3.63, 3.8) is 0 Å². The first-order chi connectivity index (χ1) is 13.6. The molecule has 5 nitrogen and oxygen atoms in total. The van der Waals surface area contributed by atoms with Crippen molar-refractivity contribution in [1.82, 2.24) is 19.7 Å². The number of thioether (sulfide) groups is 1. The van der Waals surface area contributed by atoms with Crippen molar-refractivity contribution in [3.05, 3.63) is 65.7 Å². The zero-order chi connectivity index (χ0) is 19.5. The molecule has 4 rings (SSSR count). The SMILES string of the molecule is Cc1ccccc1-c1nnc(SC(C(=O)N2CCCC2)c2ccccc2)n1C. The first kappa shape index (κ1) is 18.7. The van der Waals surface area contributed by atoms with Gasteiger partial charge in [0.25, 0.3) is 0 Å². The molecule has 0 bridgehead atoms. The molecule has 2 aromatic carbocycles. The minimum atomic E-state index is -0.313. The zero-order valence-corrected chi connectivity index (χ0v) is 17.0. The number of aromatic nitrogens is 3. The predicted molar refractivity (Wildman–Crippen MR) is 112 cm³/mol. The molecular formula is C22H24N4OS. The van der Waals surface area contributed by atoms with Crippen LogP contribution in [0.4, 0.5) is 0 Å². The molecule has 1 saturated heterocycles. The standard InChI is InChI=1S/C22H24N4OS/c1-16-10-6-7-13-18(16)20-23-24-22(25(20)2)28-19(17-11-4-3-5-12-17)21(27)26-14-8-9-15-26/h3-7,10-13,19H,8-9,14-15H2,1-2H3. The van der Waals surface area contributed by atoms with E-state index >= 15 is 0 Å². The molecule has 0 N–H and O–H groups in total. The fourth-order valence-corrected chi connectivity index (χ4v) is 4.66. The number of benzene rings is 2. The lowest BCUT2D eigenvalue weighted by Crippen LogP contribution is -2.31. The molecule has 1 aromatic heterocycles. The van der Waals surface area contributed by atoms with Gasteiger partial charge in [-0.25, -0.2) is 0 Å². The highest BCUT2D eigenvalue weighted by Gasteiger charge is 2.30. The van der Waals surface area contributed by atoms with Gasteiger partial charge in [-0.05, 0) is 30.9 Å². The Balaban J connectivity index is 1.66. The van der Waals surface area contributed by atoms with Crippen LogP contribution < -0.4 is 0 Å². The van der Waals surface area contributed by atoms with Gasteiger partial charge in [-0.15, -0.1) is 10.2 Å². The molecule has 1 aliphatic heterocycles. The summed E-state index contributed by atoms with van der Waals surface area (Å²) in [6, 6.07) is 18.1. The Bertz CT molecular complexity index is 964. The third kappa shape index (κ3) is 3.69. The van der Waals surface area contributed by atoms with Crippen LogP contribution in [-0.4, -0.2) is 38.7 Å². The maximum Gasteiger partial charge on any atom is 0.240 e. The van der Waals surface area contributed by atoms with Crippen LogP contribution in [0.2, 0.25) is 0 Å². The summed E-state index contributed by atoms with van der Waals surface area (Å²) in [6.45, 7) is 3.76. The summed E-state index contributed by atoms with van der Waals surface area (Å²) in [5, 5.41) is 9.27. The van der Waals surface area contributed by atoms with Crippen LogP contribution in [0.15, 0.2) is 59.8 Å². The zero-order valence-electron chi connectivity index (χ0n) is 16.2. The highest BCUT2D eigenvalue weighted by molar-refractivity contribution is 8.00. The number of hydrogen-bond acceptors (Lipinski definition) is 4. The average Bonchev–Trinajstić information content (AvgIpc) is 3.37. The van der Waals surface area contributed by atoms with Gasteiger partial charge in [0.15, 0.2) is 11.0 Å². The van der Waals surface area contributed by atoms with Gasteiger partial charge in [-0.2, -0.15) is 0 Å². The summed E-state index contributed by atoms with van der Waals surface area (Å²) in [4.78, 5) is 15.2. The third-order valence-electron chi connectivity index (χ3n) is 5.19. The summed E-state index contributed by atoms with van der Waals surface area (Å²) in [5.74, 6) is 0.982. The van der Waals surface area contributed by atoms with Crippen LogP contribution in [0.25, 0.3) is 11.4 Å². The van der Waals surface area contributed by atoms with Crippen LogP contribution in [0.1, 0.15) is 29.2 Å². The van der Waals surface area contributed by atoms with Crippen LogP contribution in [-0.2, 0) is 11.8 Å². The summed E-state index contributed by atoms with van der Waals surface area (Å²) in [5.41, 5.74) is 3.22. The first-order valence-corrected chi connectivity index (χ1v) is 10.5. The van der Waals surface area contributed by atoms with Gasteiger partial charge in [0.2, 0.25) is 5.91 Å². The molecule has 0 saturated carbocycles. The van der Waals surface area contributed by atoms with Crippen molar-refractivity contribution in [1.29, 1.82) is 0 Å². The summed E-state index contributed by atoms with van der Waals surface area (Å²) in [6.07, 6.45) is 2.17. The maximum atomic E-state index is 13.2. The lowest BCUT2D eigenvalue weighted by atomic mass is 10.1. The molecule has 0 aliphatic carbocycles. The number of carbonyl (C=O) groups excluding carboxylic acids is 1. The van der Waals surface area contributed by atoms with Crippen LogP contribution in [0.5, 0.6) is 0 Å². The average molecular weight is 393 g/mol. The predicted octanol–water partition coefficient (Wildman–Crippen LogP) is 4.25. The number of carbonyl (C=O) groups is 1. The van der Waals surface area contributed by atoms with Crippen LogP contribution >= 0.6 is 11.8 Å². The largest absolute Gasteiger partial charge is 0.341 e. The van der Waals surface area contributed by atoms with Crippen molar-refractivity contribution in [3.8, 4) is 11.4 Å². The highest BCUT2D eigenvalue weighted by atomic mass is 32.2. The van der Waals surface area contributed by atoms with Crippen molar-refractivity contribution in [2.45, 2.75) is 30.2 Å². The Hall–Kier alpha value is -2.60. The van der Waals surface area contributed by atoms with E-state index in [2.05, 4.69) is 29.3 Å². The number of nitrogens with zero attached hydrogens (tertiary/aromatic N) is 4. The Morgan fingerprint density at radius 3 is 2.39 bits per heavy atom. The van der Waals surface area contributed by atoms with E-state index < -0.39 is 0 Å². The van der Waals surface area contributed by atoms with Gasteiger partial charge in [0, 0.05) is 25.7 Å². The van der Waals surface area contributed by atoms with E-state index in [-0.39, 0.29) is 11.2 Å². The molecule has 1 aliphatic rings. The first-order valence-electron chi connectivity index (χ1n) is 9.61. The molecule has 6 heteroatoms. The molecule has 28 heavy (non-hydrogen) atoms. The van der Waals surface area contributed by atoms with Crippen molar-refractivity contribution >= 4 is 17.7 Å². The Labute approximate surface area is 169 Å². The molecule has 1 amide bonds. The lowest BCUT2D eigenvalue weighted by Gasteiger charge is -2.22. The van der Waals surface area contributed by atoms with Crippen molar-refractivity contribution in [2.24, 2.45) is 7.05 Å². The monoisotopic (exact) mass is 392 g/mol. The second-order valence-electron chi connectivity index (χ2n) is 7.12. The molecule has 144 valence electrons. The van der Waals surface area contributed by atoms with E-state index in [0.29, 0.717) is 0 Å². The molecule has 2 heterocycles. The number of hydrogen-bond donors (Lipinski definition) is 0. The Kier molecular flexibility index (Phi) is 5.48. The molecule has 3 aromatic rings. The summed E-state index contributed by atoms with van der Waals surface area (Å²) < 4.78 is 1.99.